The van der Waals surface area contributed by atoms with Gasteiger partial charge in [-0.25, -0.2) is 0 Å². The van der Waals surface area contributed by atoms with Gasteiger partial charge in [-0.3, -0.25) is 14.5 Å². The van der Waals surface area contributed by atoms with E-state index in [-0.39, 0.29) is 29.4 Å². The van der Waals surface area contributed by atoms with Gasteiger partial charge in [0.1, 0.15) is 0 Å². The molecule has 0 saturated carbocycles. The number of amides is 1. The van der Waals surface area contributed by atoms with Crippen LogP contribution in [-0.2, 0) is 9.59 Å². The molecular weight excluding hydrogens is 524 g/mol. The molecule has 1 heterocycles. The molecule has 2 aliphatic rings. The molecule has 1 aliphatic heterocycles. The Bertz CT molecular complexity index is 1430. The Kier molecular flexibility index (Phi) is 6.54. The van der Waals surface area contributed by atoms with Crippen LogP contribution >= 0.6 is 23.2 Å². The predicted octanol–water partition coefficient (Wildman–Crippen LogP) is 7.76. The Morgan fingerprint density at radius 2 is 1.62 bits per heavy atom. The molecule has 3 aromatic carbocycles. The normalized spacial score (nSPS) is 19.6. The Labute approximate surface area is 221 Å². The molecule has 0 radical (unpaired) electrons. The van der Waals surface area contributed by atoms with Gasteiger partial charge in [-0.1, -0.05) is 71.2 Å². The zero-order chi connectivity index (χ0) is 26.5. The second kappa shape index (κ2) is 9.54. The van der Waals surface area contributed by atoms with Crippen molar-refractivity contribution in [3.05, 3.63) is 105 Å². The number of carbonyl (C=O) groups is 2. The quantitative estimate of drug-likeness (QED) is 0.358. The molecule has 9 heteroatoms. The molecule has 190 valence electrons. The summed E-state index contributed by atoms with van der Waals surface area (Å²) in [6, 6.07) is 17.0. The molecule has 0 unspecified atom stereocenters. The Balaban J connectivity index is 1.72. The third-order valence-electron chi connectivity index (χ3n) is 6.76. The van der Waals surface area contributed by atoms with Gasteiger partial charge in [0.25, 0.3) is 0 Å². The zero-order valence-corrected chi connectivity index (χ0v) is 21.1. The van der Waals surface area contributed by atoms with Crippen LogP contribution in [0.5, 0.6) is 0 Å². The number of para-hydroxylation sites is 2. The van der Waals surface area contributed by atoms with Crippen molar-refractivity contribution in [3.8, 4) is 0 Å². The maximum Gasteiger partial charge on any atom is 0.471 e. The average Bonchev–Trinajstić information content (AvgIpc) is 2.99. The molecule has 37 heavy (non-hydrogen) atoms. The number of aryl methyl sites for hydroxylation is 1. The highest BCUT2D eigenvalue weighted by Crippen LogP contribution is 2.48. The summed E-state index contributed by atoms with van der Waals surface area (Å²) in [5.41, 5.74) is 3.08. The highest BCUT2D eigenvalue weighted by molar-refractivity contribution is 6.42. The number of ketones is 1. The summed E-state index contributed by atoms with van der Waals surface area (Å²) in [7, 11) is 0. The molecule has 1 amide bonds. The first kappa shape index (κ1) is 25.4. The molecular formula is C28H21Cl2F3N2O2. The Morgan fingerprint density at radius 3 is 2.30 bits per heavy atom. The topological polar surface area (TPSA) is 49.4 Å². The van der Waals surface area contributed by atoms with Crippen LogP contribution in [0.3, 0.4) is 0 Å². The summed E-state index contributed by atoms with van der Waals surface area (Å²) in [5, 5.41) is 3.94. The fourth-order valence-electron chi connectivity index (χ4n) is 5.02. The van der Waals surface area contributed by atoms with Crippen LogP contribution in [0.4, 0.5) is 24.5 Å². The standard InChI is InChI=1S/C28H21Cl2F3N2O2/c1-15-6-8-16(9-7-15)26-25-22(13-18(14-24(25)36)17-10-11-19(29)20(30)12-17)34-21-4-2-3-5-23(21)35(26)27(37)28(31,32)33/h2-12,18,26,34H,13-14H2,1H3/t18-,26+/m1/s1. The molecule has 4 nitrogen and oxygen atoms in total. The minimum Gasteiger partial charge on any atom is -0.357 e. The molecule has 0 fully saturated rings. The third kappa shape index (κ3) is 4.74. The zero-order valence-electron chi connectivity index (χ0n) is 19.6. The van der Waals surface area contributed by atoms with Crippen molar-refractivity contribution in [2.24, 2.45) is 0 Å². The van der Waals surface area contributed by atoms with Crippen molar-refractivity contribution < 1.29 is 22.8 Å². The number of hydrogen-bond donors (Lipinski definition) is 1. The molecule has 0 spiro atoms. The maximum atomic E-state index is 14.0. The van der Waals surface area contributed by atoms with E-state index in [2.05, 4.69) is 5.32 Å². The average molecular weight is 545 g/mol. The number of halogens is 5. The van der Waals surface area contributed by atoms with Gasteiger partial charge in [0, 0.05) is 17.7 Å². The van der Waals surface area contributed by atoms with Crippen LogP contribution in [0.15, 0.2) is 78.0 Å². The lowest BCUT2D eigenvalue weighted by Gasteiger charge is -2.35. The number of nitrogens with one attached hydrogen (secondary N) is 1. The van der Waals surface area contributed by atoms with Gasteiger partial charge in [0.05, 0.1) is 27.5 Å². The van der Waals surface area contributed by atoms with E-state index in [4.69, 9.17) is 23.2 Å². The van der Waals surface area contributed by atoms with Crippen molar-refractivity contribution in [3.63, 3.8) is 0 Å². The summed E-state index contributed by atoms with van der Waals surface area (Å²) >= 11 is 12.3. The number of rotatable bonds is 2. The third-order valence-corrected chi connectivity index (χ3v) is 7.50. The van der Waals surface area contributed by atoms with Crippen molar-refractivity contribution in [1.82, 2.24) is 0 Å². The summed E-state index contributed by atoms with van der Waals surface area (Å²) in [5.74, 6) is -2.66. The largest absolute Gasteiger partial charge is 0.471 e. The van der Waals surface area contributed by atoms with Crippen LogP contribution in [-0.4, -0.2) is 17.9 Å². The summed E-state index contributed by atoms with van der Waals surface area (Å²) < 4.78 is 41.9. The first-order chi connectivity index (χ1) is 17.5. The molecule has 0 saturated heterocycles. The van der Waals surface area contributed by atoms with Crippen molar-refractivity contribution in [2.75, 3.05) is 10.2 Å². The second-order valence-corrected chi connectivity index (χ2v) is 10.0. The number of allylic oxidation sites excluding steroid dienone is 1. The van der Waals surface area contributed by atoms with Crippen molar-refractivity contribution in [1.29, 1.82) is 0 Å². The summed E-state index contributed by atoms with van der Waals surface area (Å²) in [4.78, 5) is 27.4. The molecule has 5 rings (SSSR count). The minimum absolute atomic E-state index is 0.0451. The lowest BCUT2D eigenvalue weighted by molar-refractivity contribution is -0.170. The van der Waals surface area contributed by atoms with Gasteiger partial charge in [0.15, 0.2) is 5.78 Å². The van der Waals surface area contributed by atoms with E-state index in [1.54, 1.807) is 60.7 Å². The smallest absolute Gasteiger partial charge is 0.357 e. The van der Waals surface area contributed by atoms with Crippen molar-refractivity contribution >= 4 is 46.3 Å². The van der Waals surface area contributed by atoms with Crippen LogP contribution in [0.2, 0.25) is 10.0 Å². The van der Waals surface area contributed by atoms with E-state index in [9.17, 15) is 22.8 Å². The van der Waals surface area contributed by atoms with E-state index < -0.39 is 18.1 Å². The van der Waals surface area contributed by atoms with E-state index in [0.29, 0.717) is 38.3 Å². The SMILES string of the molecule is Cc1ccc([C@H]2C3=C(C[C@@H](c4ccc(Cl)c(Cl)c4)CC3=O)Nc3ccccc3N2C(=O)C(F)(F)F)cc1. The van der Waals surface area contributed by atoms with Gasteiger partial charge < -0.3 is 5.32 Å². The Hall–Kier alpha value is -3.29. The van der Waals surface area contributed by atoms with Crippen LogP contribution in [0.25, 0.3) is 0 Å². The molecule has 1 N–H and O–H groups in total. The number of benzene rings is 3. The van der Waals surface area contributed by atoms with E-state index in [1.165, 1.54) is 6.07 Å². The number of fused-ring (bicyclic) bond motifs is 1. The molecule has 0 aromatic heterocycles. The molecule has 0 bridgehead atoms. The second-order valence-electron chi connectivity index (χ2n) is 9.22. The van der Waals surface area contributed by atoms with Gasteiger partial charge in [0.2, 0.25) is 0 Å². The number of anilines is 2. The first-order valence-electron chi connectivity index (χ1n) is 11.6. The van der Waals surface area contributed by atoms with Gasteiger partial charge in [-0.15, -0.1) is 0 Å². The maximum absolute atomic E-state index is 14.0. The van der Waals surface area contributed by atoms with Gasteiger partial charge in [-0.05, 0) is 54.7 Å². The highest BCUT2D eigenvalue weighted by Gasteiger charge is 2.49. The lowest BCUT2D eigenvalue weighted by atomic mass is 9.78. The van der Waals surface area contributed by atoms with E-state index >= 15 is 0 Å². The summed E-state index contributed by atoms with van der Waals surface area (Å²) in [6.07, 6.45) is -4.77. The van der Waals surface area contributed by atoms with Gasteiger partial charge in [-0.2, -0.15) is 13.2 Å². The summed E-state index contributed by atoms with van der Waals surface area (Å²) in [6.45, 7) is 1.85. The van der Waals surface area contributed by atoms with E-state index in [1.807, 2.05) is 6.92 Å². The fourth-order valence-corrected chi connectivity index (χ4v) is 5.32. The number of Topliss-reactive ketones (excluding diaryl/α,β-unsaturated/α-hetero) is 1. The molecule has 3 aromatic rings. The minimum atomic E-state index is -5.15. The monoisotopic (exact) mass is 544 g/mol. The molecule has 1 aliphatic carbocycles. The van der Waals surface area contributed by atoms with Crippen LogP contribution in [0, 0.1) is 6.92 Å². The highest BCUT2D eigenvalue weighted by atomic mass is 35.5. The fraction of sp³-hybridized carbons (Fsp3) is 0.214. The van der Waals surface area contributed by atoms with Gasteiger partial charge >= 0.3 is 12.1 Å². The van der Waals surface area contributed by atoms with E-state index in [0.717, 1.165) is 11.1 Å². The number of nitrogens with zero attached hydrogens (tertiary/aromatic N) is 1. The number of hydrogen-bond acceptors (Lipinski definition) is 3. The Morgan fingerprint density at radius 1 is 0.946 bits per heavy atom. The van der Waals surface area contributed by atoms with Crippen LogP contribution < -0.4 is 10.2 Å². The number of alkyl halides is 3. The number of carbonyl (C=O) groups excluding carboxylic acids is 2. The van der Waals surface area contributed by atoms with Crippen molar-refractivity contribution in [2.45, 2.75) is 37.9 Å². The van der Waals surface area contributed by atoms with Crippen LogP contribution in [0.1, 0.15) is 41.5 Å². The molecule has 2 atom stereocenters. The lowest BCUT2D eigenvalue weighted by Crippen LogP contribution is -2.45. The first-order valence-corrected chi connectivity index (χ1v) is 12.3. The predicted molar refractivity (Wildman–Crippen MR) is 138 cm³/mol.